The first kappa shape index (κ1) is 7.02. The van der Waals surface area contributed by atoms with Crippen LogP contribution in [0.2, 0.25) is 0 Å². The summed E-state index contributed by atoms with van der Waals surface area (Å²) >= 11 is 0. The number of rotatable bonds is 0. The molecular weight excluding hydrogens is 151 g/mol. The molecule has 3 N–H and O–H groups in total. The van der Waals surface area contributed by atoms with E-state index in [-0.39, 0.29) is 6.54 Å². The zero-order valence-corrected chi connectivity index (χ0v) is 5.74. The Morgan fingerprint density at radius 1 is 1.64 bits per heavy atom. The van der Waals surface area contributed by atoms with Crippen molar-refractivity contribution in [3.63, 3.8) is 0 Å². The summed E-state index contributed by atoms with van der Waals surface area (Å²) in [4.78, 5) is 1.40. The number of nitrogens with zero attached hydrogens (tertiary/aromatic N) is 1. The van der Waals surface area contributed by atoms with Gasteiger partial charge in [-0.15, -0.1) is 0 Å². The summed E-state index contributed by atoms with van der Waals surface area (Å²) in [6.07, 6.45) is -1.63. The summed E-state index contributed by atoms with van der Waals surface area (Å²) in [5.41, 5.74) is 0.435. The Balaban J connectivity index is 2.23. The lowest BCUT2D eigenvalue weighted by molar-refractivity contribution is 0.0222. The van der Waals surface area contributed by atoms with E-state index in [0.29, 0.717) is 5.70 Å². The van der Waals surface area contributed by atoms with E-state index in [0.717, 1.165) is 0 Å². The monoisotopic (exact) mass is 160 g/mol. The molecule has 4 nitrogen and oxygen atoms in total. The highest BCUT2D eigenvalue weighted by Crippen LogP contribution is 2.25. The van der Waals surface area contributed by atoms with Gasteiger partial charge in [0.2, 0.25) is 0 Å². The maximum atomic E-state index is 12.6. The number of halogens is 1. The molecule has 1 fully saturated rings. The van der Waals surface area contributed by atoms with Crippen LogP contribution < -0.4 is 5.32 Å². The van der Waals surface area contributed by atoms with E-state index in [1.54, 1.807) is 0 Å². The Kier molecular flexibility index (Phi) is 1.38. The number of alkyl halides is 1. The van der Waals surface area contributed by atoms with Crippen molar-refractivity contribution in [3.05, 3.63) is 11.8 Å². The lowest BCUT2D eigenvalue weighted by Crippen LogP contribution is -2.37. The van der Waals surface area contributed by atoms with E-state index in [1.165, 1.54) is 11.0 Å². The summed E-state index contributed by atoms with van der Waals surface area (Å²) in [6, 6.07) is 0. The molecule has 0 spiro atoms. The van der Waals surface area contributed by atoms with E-state index in [4.69, 9.17) is 10.2 Å². The molecule has 62 valence electrons. The number of fused-ring (bicyclic) bond motifs is 1. The van der Waals surface area contributed by atoms with Crippen molar-refractivity contribution in [3.8, 4) is 0 Å². The molecule has 0 aromatic carbocycles. The zero-order valence-electron chi connectivity index (χ0n) is 5.74. The van der Waals surface area contributed by atoms with Gasteiger partial charge in [-0.1, -0.05) is 0 Å². The van der Waals surface area contributed by atoms with Crippen LogP contribution in [0.15, 0.2) is 11.8 Å². The molecule has 5 heteroatoms. The molecule has 2 heterocycles. The van der Waals surface area contributed by atoms with Crippen molar-refractivity contribution >= 4 is 0 Å². The Hall–Kier alpha value is -0.650. The van der Waals surface area contributed by atoms with Gasteiger partial charge in [-0.25, -0.2) is 9.71 Å². The molecule has 0 aromatic rings. The van der Waals surface area contributed by atoms with E-state index in [1.807, 2.05) is 0 Å². The standard InChI is InChI=1S/C6H9FN2O2/c7-3-1-4-5(10)8-6(11)9(4)2-3/h1,3,5-6,8,10-11H,2H2. The molecule has 3 unspecified atom stereocenters. The molecule has 2 aliphatic rings. The predicted molar refractivity (Wildman–Crippen MR) is 34.8 cm³/mol. The minimum atomic E-state index is -1.07. The van der Waals surface area contributed by atoms with Crippen LogP contribution in [0.1, 0.15) is 0 Å². The van der Waals surface area contributed by atoms with Crippen LogP contribution >= 0.6 is 0 Å². The smallest absolute Gasteiger partial charge is 0.186 e. The van der Waals surface area contributed by atoms with Crippen LogP contribution in [0.4, 0.5) is 4.39 Å². The van der Waals surface area contributed by atoms with Gasteiger partial charge in [-0.2, -0.15) is 0 Å². The molecular formula is C6H9FN2O2. The summed E-state index contributed by atoms with van der Waals surface area (Å²) in [6.45, 7) is 0.126. The van der Waals surface area contributed by atoms with Crippen molar-refractivity contribution in [1.82, 2.24) is 10.2 Å². The van der Waals surface area contributed by atoms with Crippen LogP contribution in [-0.4, -0.2) is 40.4 Å². The molecule has 2 aliphatic heterocycles. The molecule has 0 aromatic heterocycles. The highest BCUT2D eigenvalue weighted by molar-refractivity contribution is 5.19. The third-order valence-corrected chi connectivity index (χ3v) is 1.94. The van der Waals surface area contributed by atoms with Gasteiger partial charge in [0.05, 0.1) is 12.2 Å². The van der Waals surface area contributed by atoms with Crippen molar-refractivity contribution < 1.29 is 14.6 Å². The number of nitrogens with one attached hydrogen (secondary N) is 1. The second kappa shape index (κ2) is 2.17. The number of aliphatic hydroxyl groups excluding tert-OH is 2. The average molecular weight is 160 g/mol. The lowest BCUT2D eigenvalue weighted by atomic mass is 10.3. The van der Waals surface area contributed by atoms with E-state index in [2.05, 4.69) is 5.32 Å². The second-order valence-electron chi connectivity index (χ2n) is 2.70. The number of hydrogen-bond acceptors (Lipinski definition) is 4. The maximum Gasteiger partial charge on any atom is 0.186 e. The lowest BCUT2D eigenvalue weighted by Gasteiger charge is -2.17. The Morgan fingerprint density at radius 2 is 2.36 bits per heavy atom. The molecule has 0 aliphatic carbocycles. The highest BCUT2D eigenvalue weighted by Gasteiger charge is 2.38. The molecule has 0 saturated carbocycles. The number of aliphatic hydroxyl groups is 2. The maximum absolute atomic E-state index is 12.6. The van der Waals surface area contributed by atoms with Gasteiger partial charge < -0.3 is 15.1 Å². The first-order valence-electron chi connectivity index (χ1n) is 3.43. The first-order valence-corrected chi connectivity index (χ1v) is 3.43. The summed E-state index contributed by atoms with van der Waals surface area (Å²) in [5, 5.41) is 20.7. The van der Waals surface area contributed by atoms with Crippen LogP contribution in [-0.2, 0) is 0 Å². The van der Waals surface area contributed by atoms with Crippen molar-refractivity contribution in [2.75, 3.05) is 6.54 Å². The topological polar surface area (TPSA) is 55.7 Å². The quantitative estimate of drug-likeness (QED) is 0.413. The van der Waals surface area contributed by atoms with Crippen molar-refractivity contribution in [2.45, 2.75) is 18.8 Å². The Labute approximate surface area is 62.9 Å². The first-order chi connectivity index (χ1) is 5.18. The molecule has 2 rings (SSSR count). The zero-order chi connectivity index (χ0) is 8.01. The largest absolute Gasteiger partial charge is 0.373 e. The Morgan fingerprint density at radius 3 is 3.00 bits per heavy atom. The van der Waals surface area contributed by atoms with Gasteiger partial charge >= 0.3 is 0 Å². The molecule has 0 amide bonds. The second-order valence-corrected chi connectivity index (χ2v) is 2.70. The van der Waals surface area contributed by atoms with Crippen LogP contribution in [0, 0.1) is 0 Å². The Bertz CT molecular complexity index is 209. The average Bonchev–Trinajstić information content (AvgIpc) is 2.38. The highest BCUT2D eigenvalue weighted by atomic mass is 19.1. The van der Waals surface area contributed by atoms with Crippen molar-refractivity contribution in [1.29, 1.82) is 0 Å². The van der Waals surface area contributed by atoms with Gasteiger partial charge in [-0.3, -0.25) is 0 Å². The van der Waals surface area contributed by atoms with Gasteiger partial charge in [0.25, 0.3) is 0 Å². The van der Waals surface area contributed by atoms with Gasteiger partial charge in [0.15, 0.2) is 6.35 Å². The summed E-state index contributed by atoms with van der Waals surface area (Å²) < 4.78 is 12.6. The van der Waals surface area contributed by atoms with Gasteiger partial charge in [0.1, 0.15) is 12.4 Å². The fourth-order valence-electron chi connectivity index (χ4n) is 1.43. The van der Waals surface area contributed by atoms with Crippen LogP contribution in [0.3, 0.4) is 0 Å². The van der Waals surface area contributed by atoms with Crippen LogP contribution in [0.5, 0.6) is 0 Å². The predicted octanol–water partition coefficient (Wildman–Crippen LogP) is -1.28. The number of hydrogen-bond donors (Lipinski definition) is 3. The van der Waals surface area contributed by atoms with E-state index < -0.39 is 18.8 Å². The van der Waals surface area contributed by atoms with Gasteiger partial charge in [-0.05, 0) is 6.08 Å². The fourth-order valence-corrected chi connectivity index (χ4v) is 1.43. The van der Waals surface area contributed by atoms with E-state index >= 15 is 0 Å². The van der Waals surface area contributed by atoms with Gasteiger partial charge in [0, 0.05) is 0 Å². The van der Waals surface area contributed by atoms with Crippen LogP contribution in [0.25, 0.3) is 0 Å². The minimum Gasteiger partial charge on any atom is -0.373 e. The molecule has 3 atom stereocenters. The van der Waals surface area contributed by atoms with Crippen molar-refractivity contribution in [2.24, 2.45) is 0 Å². The third kappa shape index (κ3) is 0.926. The summed E-state index contributed by atoms with van der Waals surface area (Å²) in [5.74, 6) is 0. The van der Waals surface area contributed by atoms with E-state index in [9.17, 15) is 4.39 Å². The molecule has 1 saturated heterocycles. The molecule has 0 radical (unpaired) electrons. The third-order valence-electron chi connectivity index (χ3n) is 1.94. The summed E-state index contributed by atoms with van der Waals surface area (Å²) in [7, 11) is 0. The molecule has 0 bridgehead atoms. The SMILES string of the molecule is OC1NC(O)N2CC(F)C=C12. The molecule has 11 heavy (non-hydrogen) atoms. The normalized spacial score (nSPS) is 42.6. The fraction of sp³-hybridized carbons (Fsp3) is 0.667. The minimum absolute atomic E-state index is 0.126.